The molecular weight excluding hydrogens is 264 g/mol. The lowest BCUT2D eigenvalue weighted by atomic mass is 10.2. The number of rotatable bonds is 4. The third-order valence-electron chi connectivity index (χ3n) is 3.88. The van der Waals surface area contributed by atoms with Crippen molar-refractivity contribution in [1.82, 2.24) is 14.5 Å². The molecule has 110 valence electrons. The van der Waals surface area contributed by atoms with Crippen molar-refractivity contribution in [2.24, 2.45) is 5.92 Å². The van der Waals surface area contributed by atoms with Gasteiger partial charge in [-0.3, -0.25) is 4.90 Å². The first-order chi connectivity index (χ1) is 10.3. The molecule has 3 rings (SSSR count). The molecule has 1 atom stereocenters. The highest BCUT2D eigenvalue weighted by Gasteiger charge is 2.17. The average Bonchev–Trinajstić information content (AvgIpc) is 2.86. The molecule has 0 radical (unpaired) electrons. The topological polar surface area (TPSA) is 54.1 Å². The third-order valence-corrected chi connectivity index (χ3v) is 3.88. The van der Waals surface area contributed by atoms with Crippen molar-refractivity contribution in [1.29, 1.82) is 5.26 Å². The van der Waals surface area contributed by atoms with Crippen LogP contribution in [0, 0.1) is 17.2 Å². The molecule has 0 aliphatic carbocycles. The first-order valence-corrected chi connectivity index (χ1v) is 7.42. The number of para-hydroxylation sites is 2. The van der Waals surface area contributed by atoms with Gasteiger partial charge in [0.15, 0.2) is 0 Å². The van der Waals surface area contributed by atoms with Crippen molar-refractivity contribution >= 4 is 11.0 Å². The molecule has 1 aromatic heterocycles. The molecule has 1 aromatic carbocycles. The Bertz CT molecular complexity index is 652. The highest BCUT2D eigenvalue weighted by Crippen LogP contribution is 2.19. The second-order valence-corrected chi connectivity index (χ2v) is 5.55. The zero-order chi connectivity index (χ0) is 14.7. The molecule has 1 saturated heterocycles. The van der Waals surface area contributed by atoms with Crippen LogP contribution in [0.5, 0.6) is 0 Å². The van der Waals surface area contributed by atoms with Crippen molar-refractivity contribution in [3.05, 3.63) is 30.1 Å². The Hall–Kier alpha value is -1.90. The molecule has 0 spiro atoms. The van der Waals surface area contributed by atoms with E-state index in [1.54, 1.807) is 0 Å². The lowest BCUT2D eigenvalue weighted by Gasteiger charge is -2.26. The van der Waals surface area contributed by atoms with Crippen LogP contribution in [0.25, 0.3) is 11.0 Å². The average molecular weight is 284 g/mol. The number of fused-ring (bicyclic) bond motifs is 1. The van der Waals surface area contributed by atoms with Gasteiger partial charge in [0.25, 0.3) is 0 Å². The first-order valence-electron chi connectivity index (χ1n) is 7.42. The number of nitriles is 1. The normalized spacial score (nSPS) is 17.7. The molecule has 0 N–H and O–H groups in total. The standard InChI is InChI=1S/C16H20N4O/c1-13(10-17)11-20-15-5-3-2-4-14(15)18-16(20)12-19-6-8-21-9-7-19/h2-5,13H,6-9,11-12H2,1H3. The Labute approximate surface area is 124 Å². The minimum Gasteiger partial charge on any atom is -0.379 e. The van der Waals surface area contributed by atoms with Crippen LogP contribution in [0.3, 0.4) is 0 Å². The van der Waals surface area contributed by atoms with E-state index in [1.165, 1.54) is 0 Å². The van der Waals surface area contributed by atoms with Crippen molar-refractivity contribution < 1.29 is 4.74 Å². The molecule has 0 saturated carbocycles. The maximum Gasteiger partial charge on any atom is 0.124 e. The summed E-state index contributed by atoms with van der Waals surface area (Å²) in [6.07, 6.45) is 0. The molecule has 1 aliphatic heterocycles. The highest BCUT2D eigenvalue weighted by molar-refractivity contribution is 5.75. The number of benzene rings is 1. The lowest BCUT2D eigenvalue weighted by Crippen LogP contribution is -2.36. The SMILES string of the molecule is CC(C#N)Cn1c(CN2CCOCC2)nc2ccccc21. The molecule has 1 unspecified atom stereocenters. The van der Waals surface area contributed by atoms with E-state index in [-0.39, 0.29) is 5.92 Å². The number of nitrogens with zero attached hydrogens (tertiary/aromatic N) is 4. The Kier molecular flexibility index (Phi) is 4.18. The maximum atomic E-state index is 9.11. The van der Waals surface area contributed by atoms with E-state index in [2.05, 4.69) is 21.6 Å². The van der Waals surface area contributed by atoms with Crippen LogP contribution >= 0.6 is 0 Å². The van der Waals surface area contributed by atoms with Crippen molar-refractivity contribution in [3.8, 4) is 6.07 Å². The van der Waals surface area contributed by atoms with Gasteiger partial charge < -0.3 is 9.30 Å². The number of imidazole rings is 1. The fraction of sp³-hybridized carbons (Fsp3) is 0.500. The Balaban J connectivity index is 1.92. The highest BCUT2D eigenvalue weighted by atomic mass is 16.5. The molecule has 1 aliphatic rings. The van der Waals surface area contributed by atoms with Crippen LogP contribution in [-0.4, -0.2) is 40.8 Å². The Morgan fingerprint density at radius 1 is 1.33 bits per heavy atom. The van der Waals surface area contributed by atoms with Crippen LogP contribution in [0.15, 0.2) is 24.3 Å². The number of aromatic nitrogens is 2. The van der Waals surface area contributed by atoms with E-state index in [9.17, 15) is 0 Å². The maximum absolute atomic E-state index is 9.11. The van der Waals surface area contributed by atoms with Crippen LogP contribution in [0.2, 0.25) is 0 Å². The summed E-state index contributed by atoms with van der Waals surface area (Å²) in [4.78, 5) is 7.12. The predicted molar refractivity (Wildman–Crippen MR) is 80.6 cm³/mol. The minimum atomic E-state index is -0.0222. The first kappa shape index (κ1) is 14.1. The summed E-state index contributed by atoms with van der Waals surface area (Å²) in [5.41, 5.74) is 2.12. The fourth-order valence-corrected chi connectivity index (χ4v) is 2.72. The van der Waals surface area contributed by atoms with E-state index in [4.69, 9.17) is 15.0 Å². The lowest BCUT2D eigenvalue weighted by molar-refractivity contribution is 0.0326. The van der Waals surface area contributed by atoms with Crippen LogP contribution < -0.4 is 0 Å². The van der Waals surface area contributed by atoms with Gasteiger partial charge in [-0.15, -0.1) is 0 Å². The number of ether oxygens (including phenoxy) is 1. The smallest absolute Gasteiger partial charge is 0.124 e. The second kappa shape index (κ2) is 6.25. The fourth-order valence-electron chi connectivity index (χ4n) is 2.72. The largest absolute Gasteiger partial charge is 0.379 e. The summed E-state index contributed by atoms with van der Waals surface area (Å²) in [6, 6.07) is 10.5. The molecule has 0 amide bonds. The van der Waals surface area contributed by atoms with Gasteiger partial charge in [0, 0.05) is 19.6 Å². The van der Waals surface area contributed by atoms with Crippen LogP contribution in [0.4, 0.5) is 0 Å². The summed E-state index contributed by atoms with van der Waals surface area (Å²) < 4.78 is 7.59. The van der Waals surface area contributed by atoms with Gasteiger partial charge in [0.05, 0.1) is 42.8 Å². The number of hydrogen-bond donors (Lipinski definition) is 0. The summed E-state index contributed by atoms with van der Waals surface area (Å²) in [5, 5.41) is 9.11. The Morgan fingerprint density at radius 3 is 2.86 bits per heavy atom. The van der Waals surface area contributed by atoms with Gasteiger partial charge in [0.2, 0.25) is 0 Å². The third kappa shape index (κ3) is 3.07. The van der Waals surface area contributed by atoms with E-state index in [0.717, 1.165) is 49.7 Å². The Morgan fingerprint density at radius 2 is 2.10 bits per heavy atom. The van der Waals surface area contributed by atoms with Crippen molar-refractivity contribution in [3.63, 3.8) is 0 Å². The number of morpholine rings is 1. The quantitative estimate of drug-likeness (QED) is 0.862. The molecule has 0 bridgehead atoms. The molecule has 2 heterocycles. The molecule has 2 aromatic rings. The predicted octanol–water partition coefficient (Wildman–Crippen LogP) is 2.03. The van der Waals surface area contributed by atoms with E-state index in [0.29, 0.717) is 6.54 Å². The van der Waals surface area contributed by atoms with Crippen LogP contribution in [-0.2, 0) is 17.8 Å². The van der Waals surface area contributed by atoms with Crippen LogP contribution in [0.1, 0.15) is 12.7 Å². The van der Waals surface area contributed by atoms with E-state index >= 15 is 0 Å². The van der Waals surface area contributed by atoms with Crippen molar-refractivity contribution in [2.75, 3.05) is 26.3 Å². The zero-order valence-corrected chi connectivity index (χ0v) is 12.3. The molecule has 5 nitrogen and oxygen atoms in total. The number of hydrogen-bond acceptors (Lipinski definition) is 4. The molecule has 5 heteroatoms. The van der Waals surface area contributed by atoms with Gasteiger partial charge in [-0.25, -0.2) is 4.98 Å². The van der Waals surface area contributed by atoms with Gasteiger partial charge in [-0.2, -0.15) is 5.26 Å². The molecule has 1 fully saturated rings. The van der Waals surface area contributed by atoms with Crippen molar-refractivity contribution in [2.45, 2.75) is 20.0 Å². The van der Waals surface area contributed by atoms with E-state index in [1.807, 2.05) is 25.1 Å². The molecule has 21 heavy (non-hydrogen) atoms. The monoisotopic (exact) mass is 284 g/mol. The zero-order valence-electron chi connectivity index (χ0n) is 12.3. The van der Waals surface area contributed by atoms with Gasteiger partial charge >= 0.3 is 0 Å². The van der Waals surface area contributed by atoms with Gasteiger partial charge in [-0.1, -0.05) is 12.1 Å². The van der Waals surface area contributed by atoms with E-state index < -0.39 is 0 Å². The molecular formula is C16H20N4O. The second-order valence-electron chi connectivity index (χ2n) is 5.55. The summed E-state index contributed by atoms with van der Waals surface area (Å²) >= 11 is 0. The summed E-state index contributed by atoms with van der Waals surface area (Å²) in [7, 11) is 0. The summed E-state index contributed by atoms with van der Waals surface area (Å²) in [6.45, 7) is 6.91. The van der Waals surface area contributed by atoms with Gasteiger partial charge in [0.1, 0.15) is 5.82 Å². The summed E-state index contributed by atoms with van der Waals surface area (Å²) in [5.74, 6) is 1.02. The van der Waals surface area contributed by atoms with Gasteiger partial charge in [-0.05, 0) is 19.1 Å². The minimum absolute atomic E-state index is 0.0222.